The molecule has 0 bridgehead atoms. The Labute approximate surface area is 162 Å². The highest BCUT2D eigenvalue weighted by Gasteiger charge is 2.39. The summed E-state index contributed by atoms with van der Waals surface area (Å²) in [6, 6.07) is 21.5. The Morgan fingerprint density at radius 3 is 2.37 bits per heavy atom. The molecular weight excluding hydrogens is 334 g/mol. The number of hydrogen-bond donors (Lipinski definition) is 1. The van der Waals surface area contributed by atoms with Gasteiger partial charge in [0.05, 0.1) is 0 Å². The smallest absolute Gasteiger partial charge is 0.194 e. The van der Waals surface area contributed by atoms with Crippen LogP contribution in [0.25, 0.3) is 0 Å². The summed E-state index contributed by atoms with van der Waals surface area (Å²) in [5.41, 5.74) is 1.43. The van der Waals surface area contributed by atoms with Crippen LogP contribution in [-0.2, 0) is 0 Å². The molecule has 4 rings (SSSR count). The van der Waals surface area contributed by atoms with Crippen LogP contribution in [0.15, 0.2) is 65.7 Å². The maximum Gasteiger partial charge on any atom is 0.194 e. The molecule has 27 heavy (non-hydrogen) atoms. The quantitative estimate of drug-likeness (QED) is 0.643. The van der Waals surface area contributed by atoms with Gasteiger partial charge in [-0.15, -0.1) is 0 Å². The van der Waals surface area contributed by atoms with E-state index in [1.165, 1.54) is 12.0 Å². The molecule has 1 aliphatic carbocycles. The van der Waals surface area contributed by atoms with Crippen molar-refractivity contribution in [3.8, 4) is 5.75 Å². The van der Waals surface area contributed by atoms with Crippen molar-refractivity contribution in [3.63, 3.8) is 0 Å². The average Bonchev–Trinajstić information content (AvgIpc) is 3.49. The summed E-state index contributed by atoms with van der Waals surface area (Å²) in [6.07, 6.45) is 3.56. The lowest BCUT2D eigenvalue weighted by Gasteiger charge is -2.34. The number of benzene rings is 2. The minimum atomic E-state index is 0.296. The second-order valence-electron chi connectivity index (χ2n) is 7.42. The van der Waals surface area contributed by atoms with Crippen molar-refractivity contribution in [3.05, 3.63) is 66.2 Å². The molecule has 0 aromatic heterocycles. The van der Waals surface area contributed by atoms with Crippen molar-refractivity contribution in [2.45, 2.75) is 44.2 Å². The summed E-state index contributed by atoms with van der Waals surface area (Å²) in [7, 11) is 0. The first-order valence-electron chi connectivity index (χ1n) is 10.2. The molecule has 2 aromatic rings. The van der Waals surface area contributed by atoms with Crippen molar-refractivity contribution in [1.29, 1.82) is 0 Å². The van der Waals surface area contributed by atoms with Gasteiger partial charge in [0.25, 0.3) is 0 Å². The average molecular weight is 364 g/mol. The van der Waals surface area contributed by atoms with Gasteiger partial charge in [-0.05, 0) is 31.0 Å². The Balaban J connectivity index is 1.30. The Hall–Kier alpha value is -2.49. The molecule has 2 aromatic carbocycles. The van der Waals surface area contributed by atoms with Crippen molar-refractivity contribution >= 4 is 5.96 Å². The normalized spacial score (nSPS) is 23.1. The van der Waals surface area contributed by atoms with Gasteiger partial charge in [-0.2, -0.15) is 0 Å². The summed E-state index contributed by atoms with van der Waals surface area (Å²) >= 11 is 0. The lowest BCUT2D eigenvalue weighted by atomic mass is 10.1. The Morgan fingerprint density at radius 1 is 1.04 bits per heavy atom. The van der Waals surface area contributed by atoms with Crippen LogP contribution in [0.2, 0.25) is 0 Å². The lowest BCUT2D eigenvalue weighted by Crippen LogP contribution is -2.48. The first kappa shape index (κ1) is 17.9. The molecule has 4 nitrogen and oxygen atoms in total. The minimum absolute atomic E-state index is 0.296. The van der Waals surface area contributed by atoms with E-state index >= 15 is 0 Å². The second kappa shape index (κ2) is 8.47. The predicted octanol–water partition coefficient (Wildman–Crippen LogP) is 4.05. The largest absolute Gasteiger partial charge is 0.490 e. The number of likely N-dealkylation sites (tertiary alicyclic amines) is 1. The summed E-state index contributed by atoms with van der Waals surface area (Å²) in [5.74, 6) is 2.66. The zero-order valence-electron chi connectivity index (χ0n) is 16.1. The SMILES string of the molecule is CCN=C(NC1CC1c1ccccc1)N1CCC(Oc2ccccc2)CC1. The number of nitrogens with zero attached hydrogens (tertiary/aromatic N) is 2. The highest BCUT2D eigenvalue weighted by molar-refractivity contribution is 5.81. The van der Waals surface area contributed by atoms with Gasteiger partial charge in [0.2, 0.25) is 0 Å². The van der Waals surface area contributed by atoms with E-state index < -0.39 is 0 Å². The molecule has 2 aliphatic rings. The molecule has 2 fully saturated rings. The van der Waals surface area contributed by atoms with Crippen LogP contribution < -0.4 is 10.1 Å². The van der Waals surface area contributed by atoms with E-state index in [0.29, 0.717) is 18.1 Å². The van der Waals surface area contributed by atoms with Crippen LogP contribution in [0.4, 0.5) is 0 Å². The zero-order chi connectivity index (χ0) is 18.5. The maximum atomic E-state index is 6.12. The van der Waals surface area contributed by atoms with Crippen LogP contribution in [0.5, 0.6) is 5.75 Å². The van der Waals surface area contributed by atoms with Gasteiger partial charge in [-0.1, -0.05) is 48.5 Å². The van der Waals surface area contributed by atoms with Crippen LogP contribution in [0, 0.1) is 0 Å². The highest BCUT2D eigenvalue weighted by Crippen LogP contribution is 2.40. The Morgan fingerprint density at radius 2 is 1.70 bits per heavy atom. The molecule has 0 amide bonds. The third-order valence-corrected chi connectivity index (χ3v) is 5.43. The molecule has 142 valence electrons. The van der Waals surface area contributed by atoms with Crippen LogP contribution >= 0.6 is 0 Å². The number of rotatable bonds is 5. The molecule has 2 atom stereocenters. The van der Waals surface area contributed by atoms with E-state index in [1.54, 1.807) is 0 Å². The van der Waals surface area contributed by atoms with Gasteiger partial charge in [0.1, 0.15) is 11.9 Å². The Bertz CT molecular complexity index is 739. The first-order valence-corrected chi connectivity index (χ1v) is 10.2. The Kier molecular flexibility index (Phi) is 5.61. The molecular formula is C23H29N3O. The second-order valence-corrected chi connectivity index (χ2v) is 7.42. The summed E-state index contributed by atoms with van der Waals surface area (Å²) < 4.78 is 6.12. The fraction of sp³-hybridized carbons (Fsp3) is 0.435. The zero-order valence-corrected chi connectivity index (χ0v) is 16.1. The monoisotopic (exact) mass is 363 g/mol. The van der Waals surface area contributed by atoms with Gasteiger partial charge in [-0.25, -0.2) is 0 Å². The number of aliphatic imine (C=N–C) groups is 1. The summed E-state index contributed by atoms with van der Waals surface area (Å²) in [4.78, 5) is 7.15. The number of ether oxygens (including phenoxy) is 1. The van der Waals surface area contributed by atoms with E-state index in [4.69, 9.17) is 9.73 Å². The van der Waals surface area contributed by atoms with E-state index in [1.807, 2.05) is 30.3 Å². The van der Waals surface area contributed by atoms with Crippen molar-refractivity contribution in [2.75, 3.05) is 19.6 Å². The molecule has 1 saturated carbocycles. The number of para-hydroxylation sites is 1. The van der Waals surface area contributed by atoms with Crippen molar-refractivity contribution < 1.29 is 4.74 Å². The van der Waals surface area contributed by atoms with Gasteiger partial charge in [0.15, 0.2) is 5.96 Å². The molecule has 1 saturated heterocycles. The molecule has 1 aliphatic heterocycles. The third-order valence-electron chi connectivity index (χ3n) is 5.43. The predicted molar refractivity (Wildman–Crippen MR) is 110 cm³/mol. The van der Waals surface area contributed by atoms with Crippen LogP contribution in [0.3, 0.4) is 0 Å². The van der Waals surface area contributed by atoms with E-state index in [-0.39, 0.29) is 0 Å². The van der Waals surface area contributed by atoms with Crippen LogP contribution in [-0.4, -0.2) is 42.6 Å². The molecule has 2 unspecified atom stereocenters. The van der Waals surface area contributed by atoms with Gasteiger partial charge < -0.3 is 15.0 Å². The molecule has 1 heterocycles. The minimum Gasteiger partial charge on any atom is -0.490 e. The van der Waals surface area contributed by atoms with Crippen molar-refractivity contribution in [2.24, 2.45) is 4.99 Å². The number of hydrogen-bond acceptors (Lipinski definition) is 2. The molecule has 1 N–H and O–H groups in total. The fourth-order valence-corrected chi connectivity index (χ4v) is 3.85. The van der Waals surface area contributed by atoms with Crippen LogP contribution in [0.1, 0.15) is 37.7 Å². The third kappa shape index (κ3) is 4.62. The molecule has 0 spiro atoms. The molecule has 4 heteroatoms. The number of nitrogens with one attached hydrogen (secondary N) is 1. The van der Waals surface area contributed by atoms with Gasteiger partial charge in [0, 0.05) is 44.4 Å². The summed E-state index contributed by atoms with van der Waals surface area (Å²) in [5, 5.41) is 3.71. The maximum absolute atomic E-state index is 6.12. The highest BCUT2D eigenvalue weighted by atomic mass is 16.5. The fourth-order valence-electron chi connectivity index (χ4n) is 3.85. The standard InChI is InChI=1S/C23H29N3O/c1-2-24-23(25-22-17-21(22)18-9-5-3-6-10-18)26-15-13-20(14-16-26)27-19-11-7-4-8-12-19/h3-12,20-22H,2,13-17H2,1H3,(H,24,25). The molecule has 0 radical (unpaired) electrons. The number of piperidine rings is 1. The summed E-state index contributed by atoms with van der Waals surface area (Å²) in [6.45, 7) is 4.90. The first-order chi connectivity index (χ1) is 13.3. The van der Waals surface area contributed by atoms with Gasteiger partial charge >= 0.3 is 0 Å². The van der Waals surface area contributed by atoms with Crippen molar-refractivity contribution in [1.82, 2.24) is 10.2 Å². The van der Waals surface area contributed by atoms with Gasteiger partial charge in [-0.3, -0.25) is 4.99 Å². The topological polar surface area (TPSA) is 36.9 Å². The number of guanidine groups is 1. The van der Waals surface area contributed by atoms with E-state index in [2.05, 4.69) is 47.5 Å². The van der Waals surface area contributed by atoms with E-state index in [0.717, 1.165) is 44.2 Å². The lowest BCUT2D eigenvalue weighted by molar-refractivity contribution is 0.129. The van der Waals surface area contributed by atoms with E-state index in [9.17, 15) is 0 Å².